The van der Waals surface area contributed by atoms with Crippen LogP contribution in [0, 0.1) is 6.92 Å². The van der Waals surface area contributed by atoms with Crippen molar-refractivity contribution in [2.24, 2.45) is 0 Å². The second kappa shape index (κ2) is 5.58. The van der Waals surface area contributed by atoms with Crippen LogP contribution in [0.1, 0.15) is 21.9 Å². The van der Waals surface area contributed by atoms with Gasteiger partial charge in [-0.3, -0.25) is 0 Å². The number of carbonyl (C=O) groups is 1. The minimum absolute atomic E-state index is 0.0133. The molecule has 0 aliphatic carbocycles. The van der Waals surface area contributed by atoms with Crippen molar-refractivity contribution in [3.05, 3.63) is 53.5 Å². The Labute approximate surface area is 120 Å². The van der Waals surface area contributed by atoms with E-state index in [1.807, 2.05) is 37.3 Å². The Hall–Kier alpha value is -2.96. The van der Waals surface area contributed by atoms with Crippen molar-refractivity contribution in [2.75, 3.05) is 0 Å². The number of hydrogen-bond acceptors (Lipinski definition) is 5. The maximum atomic E-state index is 12.1. The van der Waals surface area contributed by atoms with E-state index < -0.39 is 5.97 Å². The largest absolute Gasteiger partial charge is 0.454 e. The minimum Gasteiger partial charge on any atom is -0.454 e. The van der Waals surface area contributed by atoms with Crippen molar-refractivity contribution in [3.63, 3.8) is 0 Å². The molecule has 3 rings (SSSR count). The van der Waals surface area contributed by atoms with E-state index in [9.17, 15) is 4.79 Å². The Morgan fingerprint density at radius 1 is 1.29 bits per heavy atom. The monoisotopic (exact) mass is 283 g/mol. The van der Waals surface area contributed by atoms with Crippen LogP contribution in [0.25, 0.3) is 11.3 Å². The van der Waals surface area contributed by atoms with E-state index in [1.165, 1.54) is 0 Å². The molecule has 0 aliphatic rings. The number of ether oxygens (including phenoxy) is 1. The number of rotatable bonds is 4. The Morgan fingerprint density at radius 3 is 2.81 bits per heavy atom. The Morgan fingerprint density at radius 2 is 2.10 bits per heavy atom. The second-order valence-corrected chi connectivity index (χ2v) is 4.49. The average molecular weight is 283 g/mol. The fourth-order valence-electron chi connectivity index (χ4n) is 1.99. The average Bonchev–Trinajstić information content (AvgIpc) is 3.15. The van der Waals surface area contributed by atoms with Gasteiger partial charge >= 0.3 is 5.97 Å². The zero-order valence-corrected chi connectivity index (χ0v) is 11.3. The molecule has 7 heteroatoms. The van der Waals surface area contributed by atoms with E-state index in [0.29, 0.717) is 11.4 Å². The number of H-pyrrole nitrogens is 2. The van der Waals surface area contributed by atoms with E-state index in [-0.39, 0.29) is 6.61 Å². The fraction of sp³-hybridized carbons (Fsp3) is 0.143. The van der Waals surface area contributed by atoms with Gasteiger partial charge in [0, 0.05) is 11.4 Å². The summed E-state index contributed by atoms with van der Waals surface area (Å²) < 4.78 is 5.16. The first-order chi connectivity index (χ1) is 10.2. The molecule has 0 atom stereocenters. The number of carbonyl (C=O) groups excluding carboxylic acids is 1. The predicted molar refractivity (Wildman–Crippen MR) is 74.3 cm³/mol. The van der Waals surface area contributed by atoms with Gasteiger partial charge in [0.05, 0.1) is 5.56 Å². The van der Waals surface area contributed by atoms with Gasteiger partial charge in [0.15, 0.2) is 6.61 Å². The molecule has 0 bridgehead atoms. The van der Waals surface area contributed by atoms with Gasteiger partial charge in [-0.25, -0.2) is 4.79 Å². The minimum atomic E-state index is -0.421. The van der Waals surface area contributed by atoms with Crippen LogP contribution in [0.5, 0.6) is 0 Å². The van der Waals surface area contributed by atoms with Crippen LogP contribution in [-0.2, 0) is 11.3 Å². The van der Waals surface area contributed by atoms with Gasteiger partial charge in [0.1, 0.15) is 0 Å². The van der Waals surface area contributed by atoms with Crippen LogP contribution < -0.4 is 0 Å². The summed E-state index contributed by atoms with van der Waals surface area (Å²) in [5.74, 6) is -0.0875. The van der Waals surface area contributed by atoms with Gasteiger partial charge in [-0.15, -0.1) is 10.2 Å². The Kier molecular flexibility index (Phi) is 3.46. The van der Waals surface area contributed by atoms with Gasteiger partial charge in [0.2, 0.25) is 5.82 Å². The number of benzene rings is 1. The lowest BCUT2D eigenvalue weighted by atomic mass is 10.1. The molecule has 0 fully saturated rings. The number of aromatic nitrogens is 5. The van der Waals surface area contributed by atoms with Gasteiger partial charge in [-0.05, 0) is 18.6 Å². The Balaban J connectivity index is 1.76. The third-order valence-corrected chi connectivity index (χ3v) is 3.04. The summed E-state index contributed by atoms with van der Waals surface area (Å²) in [7, 11) is 0. The topological polar surface area (TPSA) is 96.5 Å². The smallest absolute Gasteiger partial charge is 0.340 e. The van der Waals surface area contributed by atoms with Crippen molar-refractivity contribution in [3.8, 4) is 11.3 Å². The maximum absolute atomic E-state index is 12.1. The molecule has 0 saturated heterocycles. The first-order valence-corrected chi connectivity index (χ1v) is 6.38. The first-order valence-electron chi connectivity index (χ1n) is 6.38. The summed E-state index contributed by atoms with van der Waals surface area (Å²) in [6.07, 6.45) is 0. The number of nitrogens with one attached hydrogen (secondary N) is 2. The molecule has 0 amide bonds. The molecule has 0 aliphatic heterocycles. The molecular weight excluding hydrogens is 270 g/mol. The highest BCUT2D eigenvalue weighted by atomic mass is 16.5. The maximum Gasteiger partial charge on any atom is 0.340 e. The van der Waals surface area contributed by atoms with Crippen molar-refractivity contribution in [1.29, 1.82) is 0 Å². The molecule has 1 aromatic carbocycles. The van der Waals surface area contributed by atoms with E-state index in [0.717, 1.165) is 17.0 Å². The standard InChI is InChI=1S/C14H13N5O2/c1-9-11(14(20)21-8-13-16-18-19-17-13)7-12(15-9)10-5-3-2-4-6-10/h2-7,15H,8H2,1H3,(H,16,17,18,19). The zero-order valence-electron chi connectivity index (χ0n) is 11.3. The number of tetrazole rings is 1. The molecular formula is C14H13N5O2. The first kappa shape index (κ1) is 13.0. The van der Waals surface area contributed by atoms with Gasteiger partial charge < -0.3 is 9.72 Å². The molecule has 2 heterocycles. The van der Waals surface area contributed by atoms with E-state index in [2.05, 4.69) is 25.6 Å². The molecule has 3 aromatic rings. The van der Waals surface area contributed by atoms with Crippen LogP contribution in [0.4, 0.5) is 0 Å². The lowest BCUT2D eigenvalue weighted by molar-refractivity contribution is 0.0461. The molecule has 2 aromatic heterocycles. The molecule has 0 radical (unpaired) electrons. The molecule has 106 valence electrons. The van der Waals surface area contributed by atoms with Crippen molar-refractivity contribution < 1.29 is 9.53 Å². The fourth-order valence-corrected chi connectivity index (χ4v) is 1.99. The number of esters is 1. The van der Waals surface area contributed by atoms with Gasteiger partial charge in [-0.1, -0.05) is 35.5 Å². The molecule has 2 N–H and O–H groups in total. The summed E-state index contributed by atoms with van der Waals surface area (Å²) in [6, 6.07) is 11.6. The lowest BCUT2D eigenvalue weighted by Gasteiger charge is -2.00. The SMILES string of the molecule is Cc1[nH]c(-c2ccccc2)cc1C(=O)OCc1nn[nH]n1. The highest BCUT2D eigenvalue weighted by Gasteiger charge is 2.15. The van der Waals surface area contributed by atoms with Crippen LogP contribution >= 0.6 is 0 Å². The predicted octanol–water partition coefficient (Wildman–Crippen LogP) is 1.86. The third kappa shape index (κ3) is 2.81. The number of nitrogens with zero attached hydrogens (tertiary/aromatic N) is 3. The summed E-state index contributed by atoms with van der Waals surface area (Å²) >= 11 is 0. The van der Waals surface area contributed by atoms with Crippen molar-refractivity contribution in [2.45, 2.75) is 13.5 Å². The molecule has 0 spiro atoms. The molecule has 0 unspecified atom stereocenters. The molecule has 0 saturated carbocycles. The van der Waals surface area contributed by atoms with E-state index in [1.54, 1.807) is 6.07 Å². The van der Waals surface area contributed by atoms with E-state index in [4.69, 9.17) is 4.74 Å². The highest BCUT2D eigenvalue weighted by Crippen LogP contribution is 2.22. The Bertz CT molecular complexity index is 734. The summed E-state index contributed by atoms with van der Waals surface area (Å²) in [4.78, 5) is 15.3. The van der Waals surface area contributed by atoms with Gasteiger partial charge in [0.25, 0.3) is 0 Å². The zero-order chi connectivity index (χ0) is 14.7. The molecule has 21 heavy (non-hydrogen) atoms. The molecule has 7 nitrogen and oxygen atoms in total. The van der Waals surface area contributed by atoms with Crippen LogP contribution in [0.2, 0.25) is 0 Å². The van der Waals surface area contributed by atoms with Crippen molar-refractivity contribution in [1.82, 2.24) is 25.6 Å². The number of hydrogen-bond donors (Lipinski definition) is 2. The second-order valence-electron chi connectivity index (χ2n) is 4.49. The quantitative estimate of drug-likeness (QED) is 0.712. The van der Waals surface area contributed by atoms with Crippen LogP contribution in [0.3, 0.4) is 0 Å². The van der Waals surface area contributed by atoms with Gasteiger partial charge in [-0.2, -0.15) is 5.21 Å². The summed E-state index contributed by atoms with van der Waals surface area (Å²) in [5, 5.41) is 13.2. The summed E-state index contributed by atoms with van der Waals surface area (Å²) in [6.45, 7) is 1.82. The van der Waals surface area contributed by atoms with Crippen molar-refractivity contribution >= 4 is 5.97 Å². The number of aryl methyl sites for hydroxylation is 1. The number of aromatic amines is 2. The van der Waals surface area contributed by atoms with Crippen LogP contribution in [0.15, 0.2) is 36.4 Å². The normalized spacial score (nSPS) is 10.5. The summed E-state index contributed by atoms with van der Waals surface area (Å²) in [5.41, 5.74) is 3.14. The van der Waals surface area contributed by atoms with Crippen LogP contribution in [-0.4, -0.2) is 31.6 Å². The lowest BCUT2D eigenvalue weighted by Crippen LogP contribution is -2.06. The van der Waals surface area contributed by atoms with E-state index >= 15 is 0 Å². The third-order valence-electron chi connectivity index (χ3n) is 3.04. The highest BCUT2D eigenvalue weighted by molar-refractivity contribution is 5.92.